The van der Waals surface area contributed by atoms with E-state index in [9.17, 15) is 4.79 Å². The maximum atomic E-state index is 11.8. The number of para-hydroxylation sites is 2. The van der Waals surface area contributed by atoms with Crippen molar-refractivity contribution in [2.75, 3.05) is 13.6 Å². The zero-order valence-corrected chi connectivity index (χ0v) is 12.9. The number of nitrogens with zero attached hydrogens (tertiary/aromatic N) is 3. The second kappa shape index (κ2) is 5.05. The van der Waals surface area contributed by atoms with E-state index in [4.69, 9.17) is 4.98 Å². The third-order valence-electron chi connectivity index (χ3n) is 3.72. The van der Waals surface area contributed by atoms with Crippen molar-refractivity contribution in [3.05, 3.63) is 41.2 Å². The summed E-state index contributed by atoms with van der Waals surface area (Å²) < 4.78 is 3.06. The molecule has 104 valence electrons. The van der Waals surface area contributed by atoms with Gasteiger partial charge in [0.15, 0.2) is 0 Å². The molecule has 1 aromatic carbocycles. The van der Waals surface area contributed by atoms with E-state index >= 15 is 0 Å². The molecule has 2 aromatic rings. The summed E-state index contributed by atoms with van der Waals surface area (Å²) in [7, 11) is 1.85. The number of benzene rings is 1. The van der Waals surface area contributed by atoms with Crippen LogP contribution in [0.2, 0.25) is 0 Å². The molecule has 5 heteroatoms. The highest BCUT2D eigenvalue weighted by atomic mass is 79.9. The van der Waals surface area contributed by atoms with Gasteiger partial charge >= 0.3 is 0 Å². The normalized spacial score (nSPS) is 19.0. The van der Waals surface area contributed by atoms with Gasteiger partial charge in [-0.15, -0.1) is 0 Å². The largest absolute Gasteiger partial charge is 0.345 e. The van der Waals surface area contributed by atoms with Crippen LogP contribution in [0.25, 0.3) is 11.0 Å². The Morgan fingerprint density at radius 2 is 2.25 bits per heavy atom. The molecular formula is C15H16BrN3O. The summed E-state index contributed by atoms with van der Waals surface area (Å²) in [5.74, 6) is 1.32. The molecule has 2 heterocycles. The number of carbonyl (C=O) groups is 1. The van der Waals surface area contributed by atoms with Crippen LogP contribution in [-0.4, -0.2) is 34.0 Å². The Morgan fingerprint density at radius 3 is 2.90 bits per heavy atom. The zero-order chi connectivity index (χ0) is 14.3. The Labute approximate surface area is 126 Å². The number of halogens is 1. The van der Waals surface area contributed by atoms with Crippen LogP contribution in [0.5, 0.6) is 0 Å². The summed E-state index contributed by atoms with van der Waals surface area (Å²) in [6.07, 6.45) is 0.536. The number of amides is 1. The van der Waals surface area contributed by atoms with Crippen molar-refractivity contribution >= 4 is 32.9 Å². The predicted molar refractivity (Wildman–Crippen MR) is 82.8 cm³/mol. The Morgan fingerprint density at radius 1 is 1.50 bits per heavy atom. The van der Waals surface area contributed by atoms with E-state index in [1.54, 1.807) is 4.90 Å². The van der Waals surface area contributed by atoms with Crippen LogP contribution in [0.15, 0.2) is 35.3 Å². The highest BCUT2D eigenvalue weighted by Crippen LogP contribution is 2.30. The van der Waals surface area contributed by atoms with Crippen LogP contribution in [0, 0.1) is 0 Å². The van der Waals surface area contributed by atoms with Gasteiger partial charge in [-0.2, -0.15) is 0 Å². The first-order valence-electron chi connectivity index (χ1n) is 6.58. The number of allylic oxidation sites excluding steroid dienone is 1. The summed E-state index contributed by atoms with van der Waals surface area (Å²) in [6, 6.07) is 8.06. The van der Waals surface area contributed by atoms with Gasteiger partial charge in [0.05, 0.1) is 17.6 Å². The van der Waals surface area contributed by atoms with Crippen molar-refractivity contribution in [2.45, 2.75) is 18.9 Å². The molecule has 3 rings (SSSR count). The quantitative estimate of drug-likeness (QED) is 0.866. The van der Waals surface area contributed by atoms with E-state index < -0.39 is 0 Å². The molecule has 1 aliphatic heterocycles. The van der Waals surface area contributed by atoms with E-state index in [0.717, 1.165) is 27.9 Å². The van der Waals surface area contributed by atoms with E-state index in [1.165, 1.54) is 0 Å². The molecule has 1 atom stereocenters. The van der Waals surface area contributed by atoms with Gasteiger partial charge in [0.2, 0.25) is 5.91 Å². The number of rotatable bonds is 3. The van der Waals surface area contributed by atoms with Crippen LogP contribution in [0.3, 0.4) is 0 Å². The molecule has 20 heavy (non-hydrogen) atoms. The number of carbonyl (C=O) groups excluding carboxylic acids is 1. The second-order valence-electron chi connectivity index (χ2n) is 5.24. The monoisotopic (exact) mass is 333 g/mol. The topological polar surface area (TPSA) is 38.1 Å². The van der Waals surface area contributed by atoms with Crippen LogP contribution < -0.4 is 0 Å². The SMILES string of the molecule is C=C(Br)Cn1c(C2CC(=O)N(C)C2)nc2ccccc21. The van der Waals surface area contributed by atoms with Crippen molar-refractivity contribution in [2.24, 2.45) is 0 Å². The molecule has 1 unspecified atom stereocenters. The lowest BCUT2D eigenvalue weighted by Crippen LogP contribution is -2.19. The first kappa shape index (κ1) is 13.4. The van der Waals surface area contributed by atoms with Crippen LogP contribution in [-0.2, 0) is 11.3 Å². The van der Waals surface area contributed by atoms with E-state index in [-0.39, 0.29) is 11.8 Å². The number of imidazole rings is 1. The fourth-order valence-corrected chi connectivity index (χ4v) is 3.03. The molecule has 1 aromatic heterocycles. The summed E-state index contributed by atoms with van der Waals surface area (Å²) in [5, 5.41) is 0. The first-order chi connectivity index (χ1) is 9.56. The van der Waals surface area contributed by atoms with Gasteiger partial charge in [-0.3, -0.25) is 4.79 Å². The van der Waals surface area contributed by atoms with Gasteiger partial charge < -0.3 is 9.47 Å². The maximum absolute atomic E-state index is 11.8. The molecule has 0 aliphatic carbocycles. The van der Waals surface area contributed by atoms with E-state index in [1.807, 2.05) is 25.2 Å². The highest BCUT2D eigenvalue weighted by molar-refractivity contribution is 9.11. The zero-order valence-electron chi connectivity index (χ0n) is 11.3. The molecule has 4 nitrogen and oxygen atoms in total. The lowest BCUT2D eigenvalue weighted by Gasteiger charge is -2.13. The highest BCUT2D eigenvalue weighted by Gasteiger charge is 2.31. The van der Waals surface area contributed by atoms with Crippen LogP contribution >= 0.6 is 15.9 Å². The summed E-state index contributed by atoms with van der Waals surface area (Å²) in [4.78, 5) is 18.3. The van der Waals surface area contributed by atoms with Crippen molar-refractivity contribution in [1.82, 2.24) is 14.5 Å². The average Bonchev–Trinajstić information content (AvgIpc) is 2.91. The average molecular weight is 334 g/mol. The number of likely N-dealkylation sites (tertiary alicyclic amines) is 1. The van der Waals surface area contributed by atoms with Gasteiger partial charge in [0, 0.05) is 30.4 Å². The van der Waals surface area contributed by atoms with Crippen molar-refractivity contribution in [3.63, 3.8) is 0 Å². The van der Waals surface area contributed by atoms with E-state index in [2.05, 4.69) is 33.1 Å². The fraction of sp³-hybridized carbons (Fsp3) is 0.333. The molecular weight excluding hydrogens is 318 g/mol. The Bertz CT molecular complexity index is 691. The minimum absolute atomic E-state index is 0.159. The standard InChI is InChI=1S/C15H16BrN3O/c1-10(16)8-19-13-6-4-3-5-12(13)17-15(19)11-7-14(20)18(2)9-11/h3-6,11H,1,7-9H2,2H3. The minimum Gasteiger partial charge on any atom is -0.345 e. The van der Waals surface area contributed by atoms with Gasteiger partial charge in [-0.25, -0.2) is 4.98 Å². The number of hydrogen-bond donors (Lipinski definition) is 0. The van der Waals surface area contributed by atoms with Crippen LogP contribution in [0.1, 0.15) is 18.2 Å². The smallest absolute Gasteiger partial charge is 0.223 e. The van der Waals surface area contributed by atoms with Gasteiger partial charge in [0.1, 0.15) is 5.82 Å². The van der Waals surface area contributed by atoms with Crippen molar-refractivity contribution in [1.29, 1.82) is 0 Å². The van der Waals surface area contributed by atoms with Gasteiger partial charge in [0.25, 0.3) is 0 Å². The first-order valence-corrected chi connectivity index (χ1v) is 7.38. The molecule has 0 spiro atoms. The van der Waals surface area contributed by atoms with Crippen molar-refractivity contribution < 1.29 is 4.79 Å². The molecule has 0 saturated carbocycles. The Balaban J connectivity index is 2.09. The lowest BCUT2D eigenvalue weighted by atomic mass is 10.1. The number of fused-ring (bicyclic) bond motifs is 1. The van der Waals surface area contributed by atoms with Gasteiger partial charge in [-0.1, -0.05) is 34.6 Å². The molecule has 0 radical (unpaired) electrons. The molecule has 1 fully saturated rings. The maximum Gasteiger partial charge on any atom is 0.223 e. The summed E-state index contributed by atoms with van der Waals surface area (Å²) in [5.41, 5.74) is 2.06. The molecule has 1 aliphatic rings. The molecule has 1 amide bonds. The van der Waals surface area contributed by atoms with Gasteiger partial charge in [-0.05, 0) is 12.1 Å². The molecule has 1 saturated heterocycles. The lowest BCUT2D eigenvalue weighted by molar-refractivity contribution is -0.126. The summed E-state index contributed by atoms with van der Waals surface area (Å²) >= 11 is 3.43. The Hall–Kier alpha value is -1.62. The molecule has 0 N–H and O–H groups in total. The van der Waals surface area contributed by atoms with Crippen molar-refractivity contribution in [3.8, 4) is 0 Å². The third-order valence-corrected chi connectivity index (χ3v) is 3.97. The van der Waals surface area contributed by atoms with Crippen LogP contribution in [0.4, 0.5) is 0 Å². The number of hydrogen-bond acceptors (Lipinski definition) is 2. The number of likely N-dealkylation sites (N-methyl/N-ethyl adjacent to an activating group) is 1. The molecule has 0 bridgehead atoms. The summed E-state index contributed by atoms with van der Waals surface area (Å²) in [6.45, 7) is 5.33. The minimum atomic E-state index is 0.159. The predicted octanol–water partition coefficient (Wildman–Crippen LogP) is 2.89. The third kappa shape index (κ3) is 2.26. The number of aromatic nitrogens is 2. The van der Waals surface area contributed by atoms with E-state index in [0.29, 0.717) is 13.0 Å². The fourth-order valence-electron chi connectivity index (χ4n) is 2.78. The Kier molecular flexibility index (Phi) is 3.38. The second-order valence-corrected chi connectivity index (χ2v) is 6.36.